The number of hydrogen-bond donors (Lipinski definition) is 0. The van der Waals surface area contributed by atoms with Gasteiger partial charge in [-0.05, 0) is 88.3 Å². The summed E-state index contributed by atoms with van der Waals surface area (Å²) >= 11 is 0. The van der Waals surface area contributed by atoms with Crippen molar-refractivity contribution < 1.29 is 42.4 Å². The van der Waals surface area contributed by atoms with Crippen molar-refractivity contribution >= 4 is 42.6 Å². The van der Waals surface area contributed by atoms with E-state index in [9.17, 15) is 24.6 Å². The van der Waals surface area contributed by atoms with Crippen LogP contribution in [0.1, 0.15) is 11.9 Å². The maximum absolute atomic E-state index is 12.8. The van der Waals surface area contributed by atoms with E-state index < -0.39 is 27.3 Å². The summed E-state index contributed by atoms with van der Waals surface area (Å²) in [5, 5.41) is 4.02. The second-order valence-electron chi connectivity index (χ2n) is 8.27. The van der Waals surface area contributed by atoms with Crippen molar-refractivity contribution in [3.8, 4) is 23.0 Å². The minimum Gasteiger partial charge on any atom is -0.451 e. The molecule has 5 aromatic rings. The van der Waals surface area contributed by atoms with E-state index in [1.807, 2.05) is 48.5 Å². The Kier molecular flexibility index (Phi) is 6.98. The molecule has 39 heavy (non-hydrogen) atoms. The summed E-state index contributed by atoms with van der Waals surface area (Å²) in [6, 6.07) is 27.9. The Labute approximate surface area is 222 Å². The van der Waals surface area contributed by atoms with Crippen LogP contribution in [0.5, 0.6) is 23.0 Å². The van der Waals surface area contributed by atoms with E-state index in [0.717, 1.165) is 21.5 Å². The van der Waals surface area contributed by atoms with Gasteiger partial charge >= 0.3 is 21.0 Å². The first kappa shape index (κ1) is 26.2. The fraction of sp³-hybridized carbons (Fsp3) is 0.0370. The van der Waals surface area contributed by atoms with Gasteiger partial charge in [0.2, 0.25) is 0 Å². The van der Waals surface area contributed by atoms with Gasteiger partial charge in [-0.25, -0.2) is 0 Å². The van der Waals surface area contributed by atoms with Crippen molar-refractivity contribution in [1.29, 1.82) is 0 Å². The Bertz CT molecular complexity index is 1780. The Morgan fingerprint density at radius 2 is 0.897 bits per heavy atom. The summed E-state index contributed by atoms with van der Waals surface area (Å²) in [6.07, 6.45) is -1.05. The van der Waals surface area contributed by atoms with E-state index in [1.54, 1.807) is 0 Å². The molecule has 0 saturated carbocycles. The lowest BCUT2D eigenvalue weighted by Gasteiger charge is -2.22. The molecule has 0 atom stereocenters. The molecule has 0 radical (unpaired) electrons. The lowest BCUT2D eigenvalue weighted by Crippen LogP contribution is -2.15. The fourth-order valence-electron chi connectivity index (χ4n) is 3.89. The molecule has 0 bridgehead atoms. The molecule has 8 nitrogen and oxygen atoms in total. The van der Waals surface area contributed by atoms with Gasteiger partial charge in [0.1, 0.15) is 23.0 Å². The number of ether oxygens (including phenoxy) is 2. The zero-order chi connectivity index (χ0) is 27.6. The molecule has 0 saturated heterocycles. The number of hydrogen-bond acceptors (Lipinski definition) is 8. The maximum Gasteiger partial charge on any atom is 0.488 e. The van der Waals surface area contributed by atoms with Gasteiger partial charge in [-0.3, -0.25) is 0 Å². The van der Waals surface area contributed by atoms with Crippen molar-refractivity contribution in [1.82, 2.24) is 0 Å². The van der Waals surface area contributed by atoms with Crippen molar-refractivity contribution in [3.05, 3.63) is 109 Å². The number of benzene rings is 5. The SMILES string of the molecule is O=S(=O)(F)Oc1ccc(OC(Oc2ccc(OS(=O)(=O)F)cc2)c2ccc3cc4ccccc4cc3c2)cc1. The Balaban J connectivity index is 1.47. The van der Waals surface area contributed by atoms with Gasteiger partial charge in [0.15, 0.2) is 0 Å². The molecule has 5 aromatic carbocycles. The van der Waals surface area contributed by atoms with Gasteiger partial charge < -0.3 is 17.8 Å². The second-order valence-corrected chi connectivity index (χ2v) is 10.2. The third-order valence-corrected chi connectivity index (χ3v) is 6.31. The van der Waals surface area contributed by atoms with Crippen molar-refractivity contribution in [2.24, 2.45) is 0 Å². The van der Waals surface area contributed by atoms with Crippen molar-refractivity contribution in [2.75, 3.05) is 0 Å². The zero-order valence-corrected chi connectivity index (χ0v) is 21.4. The van der Waals surface area contributed by atoms with Gasteiger partial charge in [-0.15, -0.1) is 0 Å². The summed E-state index contributed by atoms with van der Waals surface area (Å²) in [5.41, 5.74) is 0.608. The highest BCUT2D eigenvalue weighted by molar-refractivity contribution is 7.82. The maximum atomic E-state index is 12.8. The number of rotatable bonds is 9. The highest BCUT2D eigenvalue weighted by atomic mass is 32.3. The van der Waals surface area contributed by atoms with Crippen LogP contribution in [0.3, 0.4) is 0 Å². The summed E-state index contributed by atoms with van der Waals surface area (Å²) in [6.45, 7) is 0. The molecule has 0 fully saturated rings. The minimum absolute atomic E-state index is 0.241. The highest BCUT2D eigenvalue weighted by Crippen LogP contribution is 2.32. The molecule has 0 spiro atoms. The summed E-state index contributed by atoms with van der Waals surface area (Å²) in [5.74, 6) is -0.0204. The summed E-state index contributed by atoms with van der Waals surface area (Å²) in [4.78, 5) is 0. The molecule has 0 aliphatic rings. The average molecular weight is 573 g/mol. The normalized spacial score (nSPS) is 12.0. The van der Waals surface area contributed by atoms with Gasteiger partial charge in [0.05, 0.1) is 0 Å². The first-order chi connectivity index (χ1) is 18.5. The quantitative estimate of drug-likeness (QED) is 0.115. The van der Waals surface area contributed by atoms with Crippen LogP contribution < -0.4 is 17.8 Å². The van der Waals surface area contributed by atoms with Crippen LogP contribution in [-0.4, -0.2) is 16.8 Å². The Morgan fingerprint density at radius 3 is 1.36 bits per heavy atom. The second kappa shape index (κ2) is 10.4. The number of halogens is 2. The summed E-state index contributed by atoms with van der Waals surface area (Å²) in [7, 11) is -10.4. The summed E-state index contributed by atoms with van der Waals surface area (Å²) < 4.78 is 89.1. The molecule has 0 unspecified atom stereocenters. The molecular formula is C27H18F2O8S2. The lowest BCUT2D eigenvalue weighted by atomic mass is 10.0. The predicted octanol–water partition coefficient (Wildman–Crippen LogP) is 6.34. The molecule has 5 rings (SSSR count). The van der Waals surface area contributed by atoms with Crippen LogP contribution in [-0.2, 0) is 21.0 Å². The van der Waals surface area contributed by atoms with Gasteiger partial charge in [0.25, 0.3) is 6.29 Å². The Hall–Kier alpha value is -4.42. The molecule has 0 heterocycles. The van der Waals surface area contributed by atoms with E-state index in [-0.39, 0.29) is 23.0 Å². The van der Waals surface area contributed by atoms with Gasteiger partial charge in [-0.2, -0.15) is 16.8 Å². The smallest absolute Gasteiger partial charge is 0.451 e. The van der Waals surface area contributed by atoms with Crippen molar-refractivity contribution in [2.45, 2.75) is 6.29 Å². The lowest BCUT2D eigenvalue weighted by molar-refractivity contribution is 0.00386. The molecule has 0 aliphatic heterocycles. The van der Waals surface area contributed by atoms with E-state index in [1.165, 1.54) is 48.5 Å². The molecule has 0 aromatic heterocycles. The van der Waals surface area contributed by atoms with Crippen LogP contribution in [0.25, 0.3) is 21.5 Å². The highest BCUT2D eigenvalue weighted by Gasteiger charge is 2.18. The van der Waals surface area contributed by atoms with Crippen LogP contribution in [0.15, 0.2) is 103 Å². The monoisotopic (exact) mass is 572 g/mol. The van der Waals surface area contributed by atoms with E-state index in [2.05, 4.69) is 14.4 Å². The molecule has 0 amide bonds. The van der Waals surface area contributed by atoms with Gasteiger partial charge in [-0.1, -0.05) is 44.2 Å². The molecule has 12 heteroatoms. The number of fused-ring (bicyclic) bond motifs is 2. The topological polar surface area (TPSA) is 105 Å². The third kappa shape index (κ3) is 6.92. The first-order valence-corrected chi connectivity index (χ1v) is 13.9. The minimum atomic E-state index is -5.19. The molecular weight excluding hydrogens is 554 g/mol. The van der Waals surface area contributed by atoms with Crippen LogP contribution in [0, 0.1) is 0 Å². The zero-order valence-electron chi connectivity index (χ0n) is 19.7. The standard InChI is InChI=1S/C27H18F2O8S2/c28-38(30,31)36-25-11-7-23(8-12-25)34-27(35-24-9-13-26(14-10-24)37-39(29,32)33)21-6-5-20-15-18-3-1-2-4-19(18)16-22(20)17-21/h1-17,27H. The van der Waals surface area contributed by atoms with E-state index in [4.69, 9.17) is 9.47 Å². The van der Waals surface area contributed by atoms with Crippen molar-refractivity contribution in [3.63, 3.8) is 0 Å². The fourth-order valence-corrected chi connectivity index (χ4v) is 4.57. The molecule has 0 N–H and O–H groups in total. The van der Waals surface area contributed by atoms with Crippen LogP contribution in [0.2, 0.25) is 0 Å². The van der Waals surface area contributed by atoms with Gasteiger partial charge in [0, 0.05) is 5.56 Å². The van der Waals surface area contributed by atoms with E-state index in [0.29, 0.717) is 5.56 Å². The first-order valence-electron chi connectivity index (χ1n) is 11.2. The van der Waals surface area contributed by atoms with Crippen LogP contribution >= 0.6 is 0 Å². The van der Waals surface area contributed by atoms with Crippen LogP contribution in [0.4, 0.5) is 7.77 Å². The predicted molar refractivity (Wildman–Crippen MR) is 140 cm³/mol. The largest absolute Gasteiger partial charge is 0.488 e. The average Bonchev–Trinajstić information content (AvgIpc) is 2.87. The molecule has 200 valence electrons. The Morgan fingerprint density at radius 1 is 0.487 bits per heavy atom. The van der Waals surface area contributed by atoms with E-state index >= 15 is 0 Å². The third-order valence-electron chi connectivity index (χ3n) is 5.53. The molecule has 0 aliphatic carbocycles.